The van der Waals surface area contributed by atoms with Gasteiger partial charge >= 0.3 is 0 Å². The molecule has 0 aromatic carbocycles. The number of aromatic nitrogens is 1. The minimum Gasteiger partial charge on any atom is -0.264 e. The van der Waals surface area contributed by atoms with Crippen LogP contribution in [0, 0.1) is 6.07 Å². The summed E-state index contributed by atoms with van der Waals surface area (Å²) in [7, 11) is 0. The fourth-order valence-electron chi connectivity index (χ4n) is 0.277. The van der Waals surface area contributed by atoms with Gasteiger partial charge in [-0.3, -0.25) is 4.98 Å². The van der Waals surface area contributed by atoms with Crippen molar-refractivity contribution in [2.45, 2.75) is 0 Å². The van der Waals surface area contributed by atoms with Crippen LogP contribution in [0.15, 0.2) is 24.5 Å². The molecule has 2 radical (unpaired) electrons. The minimum absolute atomic E-state index is 0. The molecule has 0 bridgehead atoms. The Kier molecular flexibility index (Phi) is 3.66. The first-order valence-corrected chi connectivity index (χ1v) is 1.76. The van der Waals surface area contributed by atoms with E-state index in [1.165, 1.54) is 0 Å². The topological polar surface area (TPSA) is 12.9 Å². The summed E-state index contributed by atoms with van der Waals surface area (Å²) >= 11 is 0. The summed E-state index contributed by atoms with van der Waals surface area (Å²) in [4.78, 5) is 3.73. The van der Waals surface area contributed by atoms with Crippen LogP contribution in [0.1, 0.15) is 0 Å². The SMILES string of the molecule is [Cu].[c]1cccnc1. The zero-order valence-electron chi connectivity index (χ0n) is 3.56. The third-order valence-corrected chi connectivity index (χ3v) is 0.514. The smallest absolute Gasteiger partial charge is 0.0346 e. The summed E-state index contributed by atoms with van der Waals surface area (Å²) in [5.74, 6) is 0. The minimum atomic E-state index is 0. The Hall–Kier alpha value is -0.331. The van der Waals surface area contributed by atoms with Crippen LogP contribution in [0.4, 0.5) is 0 Å². The van der Waals surface area contributed by atoms with Crippen LogP contribution in [-0.4, -0.2) is 4.98 Å². The number of rotatable bonds is 0. The second-order valence-electron chi connectivity index (χ2n) is 0.953. The molecule has 0 saturated carbocycles. The van der Waals surface area contributed by atoms with Gasteiger partial charge in [-0.05, 0) is 6.07 Å². The van der Waals surface area contributed by atoms with Gasteiger partial charge in [0.1, 0.15) is 0 Å². The Labute approximate surface area is 53.2 Å². The van der Waals surface area contributed by atoms with Crippen LogP contribution in [0.25, 0.3) is 0 Å². The molecule has 0 N–H and O–H groups in total. The molecule has 0 saturated heterocycles. The molecule has 0 fully saturated rings. The van der Waals surface area contributed by atoms with Crippen molar-refractivity contribution in [2.75, 3.05) is 0 Å². The van der Waals surface area contributed by atoms with Crippen LogP contribution in [-0.2, 0) is 17.1 Å². The Bertz CT molecular complexity index is 80.0. The molecule has 1 aromatic rings. The molecule has 1 nitrogen and oxygen atoms in total. The van der Waals surface area contributed by atoms with Gasteiger partial charge in [0.15, 0.2) is 0 Å². The van der Waals surface area contributed by atoms with E-state index in [0.29, 0.717) is 0 Å². The largest absolute Gasteiger partial charge is 0.264 e. The van der Waals surface area contributed by atoms with E-state index in [1.54, 1.807) is 12.4 Å². The van der Waals surface area contributed by atoms with Crippen molar-refractivity contribution in [1.82, 2.24) is 4.98 Å². The predicted octanol–water partition coefficient (Wildman–Crippen LogP) is 0.879. The van der Waals surface area contributed by atoms with Gasteiger partial charge in [0, 0.05) is 35.5 Å². The zero-order chi connectivity index (χ0) is 4.24. The van der Waals surface area contributed by atoms with Crippen molar-refractivity contribution in [3.05, 3.63) is 30.6 Å². The van der Waals surface area contributed by atoms with Crippen molar-refractivity contribution in [3.63, 3.8) is 0 Å². The summed E-state index contributed by atoms with van der Waals surface area (Å²) in [6.45, 7) is 0. The number of nitrogens with zero attached hydrogens (tertiary/aromatic N) is 1. The molecule has 0 spiro atoms. The summed E-state index contributed by atoms with van der Waals surface area (Å²) in [6, 6.07) is 6.43. The molecule has 7 heavy (non-hydrogen) atoms. The molecule has 0 amide bonds. The van der Waals surface area contributed by atoms with Crippen LogP contribution < -0.4 is 0 Å². The standard InChI is InChI=1S/C5H4N.Cu/c1-2-4-6-5-3-1;/h1-2,4-5H;. The molecule has 1 heterocycles. The van der Waals surface area contributed by atoms with Crippen LogP contribution in [0.5, 0.6) is 0 Å². The molecule has 0 unspecified atom stereocenters. The summed E-state index contributed by atoms with van der Waals surface area (Å²) in [5, 5.41) is 0. The molecular weight excluding hydrogens is 138 g/mol. The molecule has 40 valence electrons. The van der Waals surface area contributed by atoms with Crippen LogP contribution in [0.2, 0.25) is 0 Å². The Morgan fingerprint density at radius 3 is 2.43 bits per heavy atom. The van der Waals surface area contributed by atoms with Crippen molar-refractivity contribution in [3.8, 4) is 0 Å². The maximum Gasteiger partial charge on any atom is 0.0346 e. The first-order chi connectivity index (χ1) is 3.00. The summed E-state index contributed by atoms with van der Waals surface area (Å²) in [6.07, 6.45) is 3.34. The average molecular weight is 142 g/mol. The Morgan fingerprint density at radius 2 is 2.29 bits per heavy atom. The van der Waals surface area contributed by atoms with E-state index in [0.717, 1.165) is 0 Å². The van der Waals surface area contributed by atoms with Crippen molar-refractivity contribution in [2.24, 2.45) is 0 Å². The summed E-state index contributed by atoms with van der Waals surface area (Å²) in [5.41, 5.74) is 0. The molecule has 0 aliphatic rings. The van der Waals surface area contributed by atoms with E-state index in [1.807, 2.05) is 12.1 Å². The molecule has 0 aliphatic carbocycles. The van der Waals surface area contributed by atoms with Crippen molar-refractivity contribution < 1.29 is 17.1 Å². The monoisotopic (exact) mass is 141 g/mol. The van der Waals surface area contributed by atoms with E-state index >= 15 is 0 Å². The fraction of sp³-hybridized carbons (Fsp3) is 0. The van der Waals surface area contributed by atoms with Gasteiger partial charge in [0.25, 0.3) is 0 Å². The normalized spacial score (nSPS) is 6.86. The number of hydrogen-bond donors (Lipinski definition) is 0. The van der Waals surface area contributed by atoms with Crippen molar-refractivity contribution in [1.29, 1.82) is 0 Å². The van der Waals surface area contributed by atoms with E-state index in [9.17, 15) is 0 Å². The molecule has 0 aliphatic heterocycles. The maximum absolute atomic E-state index is 3.73. The van der Waals surface area contributed by atoms with E-state index < -0.39 is 0 Å². The fourth-order valence-corrected chi connectivity index (χ4v) is 0.277. The van der Waals surface area contributed by atoms with Gasteiger partial charge in [-0.15, -0.1) is 0 Å². The first kappa shape index (κ1) is 6.67. The van der Waals surface area contributed by atoms with Gasteiger partial charge in [-0.25, -0.2) is 0 Å². The molecule has 1 aromatic heterocycles. The van der Waals surface area contributed by atoms with Gasteiger partial charge in [-0.2, -0.15) is 0 Å². The zero-order valence-corrected chi connectivity index (χ0v) is 4.50. The number of hydrogen-bond acceptors (Lipinski definition) is 1. The second-order valence-corrected chi connectivity index (χ2v) is 0.953. The molecule has 0 atom stereocenters. The van der Waals surface area contributed by atoms with Crippen LogP contribution >= 0.6 is 0 Å². The first-order valence-electron chi connectivity index (χ1n) is 1.76. The third-order valence-electron chi connectivity index (χ3n) is 0.514. The third kappa shape index (κ3) is 2.38. The van der Waals surface area contributed by atoms with Crippen LogP contribution in [0.3, 0.4) is 0 Å². The summed E-state index contributed by atoms with van der Waals surface area (Å²) < 4.78 is 0. The maximum atomic E-state index is 3.73. The number of pyridine rings is 1. The molecule has 2 heteroatoms. The van der Waals surface area contributed by atoms with Gasteiger partial charge in [-0.1, -0.05) is 6.07 Å². The quantitative estimate of drug-likeness (QED) is 0.489. The second kappa shape index (κ2) is 3.85. The Morgan fingerprint density at radius 1 is 1.43 bits per heavy atom. The average Bonchev–Trinajstić information content (AvgIpc) is 1.72. The molecular formula is C5H4CuN. The van der Waals surface area contributed by atoms with E-state index in [-0.39, 0.29) is 17.1 Å². The molecule has 1 rings (SSSR count). The predicted molar refractivity (Wildman–Crippen MR) is 23.1 cm³/mol. The van der Waals surface area contributed by atoms with E-state index in [2.05, 4.69) is 11.1 Å². The van der Waals surface area contributed by atoms with E-state index in [4.69, 9.17) is 0 Å². The van der Waals surface area contributed by atoms with Gasteiger partial charge in [0.2, 0.25) is 0 Å². The van der Waals surface area contributed by atoms with Gasteiger partial charge in [0.05, 0.1) is 0 Å². The Balaban J connectivity index is 0.000000360. The van der Waals surface area contributed by atoms with Crippen molar-refractivity contribution >= 4 is 0 Å². The van der Waals surface area contributed by atoms with Gasteiger partial charge < -0.3 is 0 Å².